The minimum absolute atomic E-state index is 0.0173. The van der Waals surface area contributed by atoms with Crippen molar-refractivity contribution < 1.29 is 4.79 Å². The number of piperidine rings is 1. The van der Waals surface area contributed by atoms with Crippen molar-refractivity contribution in [1.82, 2.24) is 10.2 Å². The van der Waals surface area contributed by atoms with Crippen molar-refractivity contribution in [2.75, 3.05) is 26.7 Å². The van der Waals surface area contributed by atoms with E-state index in [1.165, 1.54) is 11.1 Å². The van der Waals surface area contributed by atoms with Crippen molar-refractivity contribution in [3.05, 3.63) is 71.8 Å². The molecule has 0 aliphatic carbocycles. The van der Waals surface area contributed by atoms with Crippen molar-refractivity contribution >= 4 is 5.91 Å². The van der Waals surface area contributed by atoms with Gasteiger partial charge >= 0.3 is 0 Å². The molecule has 1 heterocycles. The standard InChI is InChI=1S/C21H26N2O/c1-22-20(24)13-16-23-15-8-14-21(17-23,18-9-4-2-5-10-18)19-11-6-3-7-12-19/h2-7,9-12H,8,13-17H2,1H3,(H,22,24). The number of amides is 1. The van der Waals surface area contributed by atoms with E-state index in [0.717, 1.165) is 32.5 Å². The molecule has 24 heavy (non-hydrogen) atoms. The second-order valence-corrected chi connectivity index (χ2v) is 6.62. The predicted octanol–water partition coefficient (Wildman–Crippen LogP) is 3.20. The summed E-state index contributed by atoms with van der Waals surface area (Å²) in [7, 11) is 1.71. The molecule has 3 heteroatoms. The summed E-state index contributed by atoms with van der Waals surface area (Å²) in [6.45, 7) is 2.86. The van der Waals surface area contributed by atoms with E-state index in [2.05, 4.69) is 70.9 Å². The van der Waals surface area contributed by atoms with Crippen LogP contribution in [0.25, 0.3) is 0 Å². The predicted molar refractivity (Wildman–Crippen MR) is 98.0 cm³/mol. The maximum Gasteiger partial charge on any atom is 0.221 e. The first-order valence-electron chi connectivity index (χ1n) is 8.78. The SMILES string of the molecule is CNC(=O)CCN1CCCC(c2ccccc2)(c2ccccc2)C1. The maximum atomic E-state index is 11.6. The molecule has 0 radical (unpaired) electrons. The third kappa shape index (κ3) is 3.51. The quantitative estimate of drug-likeness (QED) is 0.917. The molecule has 1 saturated heterocycles. The number of nitrogens with zero attached hydrogens (tertiary/aromatic N) is 1. The highest BCUT2D eigenvalue weighted by atomic mass is 16.1. The first-order chi connectivity index (χ1) is 11.7. The number of rotatable bonds is 5. The molecule has 0 saturated carbocycles. The summed E-state index contributed by atoms with van der Waals surface area (Å²) in [5, 5.41) is 2.72. The lowest BCUT2D eigenvalue weighted by Crippen LogP contribution is -2.47. The van der Waals surface area contributed by atoms with Crippen LogP contribution in [0.15, 0.2) is 60.7 Å². The highest BCUT2D eigenvalue weighted by Gasteiger charge is 2.38. The van der Waals surface area contributed by atoms with Crippen molar-refractivity contribution in [3.63, 3.8) is 0 Å². The first-order valence-corrected chi connectivity index (χ1v) is 8.78. The molecule has 1 aliphatic rings. The van der Waals surface area contributed by atoms with Gasteiger partial charge in [-0.3, -0.25) is 4.79 Å². The smallest absolute Gasteiger partial charge is 0.221 e. The number of carbonyl (C=O) groups excluding carboxylic acids is 1. The zero-order valence-electron chi connectivity index (χ0n) is 14.4. The molecule has 1 N–H and O–H groups in total. The largest absolute Gasteiger partial charge is 0.359 e. The first kappa shape index (κ1) is 16.7. The molecule has 0 atom stereocenters. The Balaban J connectivity index is 1.89. The fourth-order valence-corrected chi connectivity index (χ4v) is 3.87. The van der Waals surface area contributed by atoms with Gasteiger partial charge in [0.1, 0.15) is 0 Å². The molecule has 1 amide bonds. The van der Waals surface area contributed by atoms with Crippen LogP contribution in [-0.2, 0) is 10.2 Å². The second kappa shape index (κ2) is 7.63. The molecule has 0 spiro atoms. The van der Waals surface area contributed by atoms with Crippen LogP contribution in [-0.4, -0.2) is 37.5 Å². The van der Waals surface area contributed by atoms with Crippen molar-refractivity contribution in [2.45, 2.75) is 24.7 Å². The highest BCUT2D eigenvalue weighted by Crippen LogP contribution is 2.40. The second-order valence-electron chi connectivity index (χ2n) is 6.62. The average Bonchev–Trinajstić information content (AvgIpc) is 2.67. The number of nitrogens with one attached hydrogen (secondary N) is 1. The zero-order chi connectivity index (χ0) is 16.8. The van der Waals surface area contributed by atoms with Gasteiger partial charge < -0.3 is 10.2 Å². The Bertz CT molecular complexity index is 615. The number of benzene rings is 2. The van der Waals surface area contributed by atoms with Gasteiger partial charge in [-0.2, -0.15) is 0 Å². The van der Waals surface area contributed by atoms with Crippen LogP contribution in [0.5, 0.6) is 0 Å². The maximum absolute atomic E-state index is 11.6. The van der Waals surface area contributed by atoms with Gasteiger partial charge in [0.05, 0.1) is 0 Å². The summed E-state index contributed by atoms with van der Waals surface area (Å²) in [6.07, 6.45) is 2.87. The Morgan fingerprint density at radius 1 is 1.04 bits per heavy atom. The highest BCUT2D eigenvalue weighted by molar-refractivity contribution is 5.75. The Kier molecular flexibility index (Phi) is 5.31. The van der Waals surface area contributed by atoms with Crippen LogP contribution in [0.2, 0.25) is 0 Å². The summed E-state index contributed by atoms with van der Waals surface area (Å²) >= 11 is 0. The third-order valence-electron chi connectivity index (χ3n) is 5.16. The molecule has 1 fully saturated rings. The van der Waals surface area contributed by atoms with E-state index in [9.17, 15) is 4.79 Å². The van der Waals surface area contributed by atoms with Gasteiger partial charge in [-0.25, -0.2) is 0 Å². The minimum atomic E-state index is 0.0173. The van der Waals surface area contributed by atoms with E-state index < -0.39 is 0 Å². The minimum Gasteiger partial charge on any atom is -0.359 e. The van der Waals surface area contributed by atoms with Crippen LogP contribution in [0.1, 0.15) is 30.4 Å². The normalized spacial score (nSPS) is 17.4. The topological polar surface area (TPSA) is 32.3 Å². The molecular formula is C21H26N2O. The van der Waals surface area contributed by atoms with Gasteiger partial charge in [0.15, 0.2) is 0 Å². The Morgan fingerprint density at radius 2 is 1.62 bits per heavy atom. The zero-order valence-corrected chi connectivity index (χ0v) is 14.4. The van der Waals surface area contributed by atoms with E-state index in [0.29, 0.717) is 6.42 Å². The summed E-state index contributed by atoms with van der Waals surface area (Å²) in [6, 6.07) is 21.7. The van der Waals surface area contributed by atoms with Crippen molar-refractivity contribution in [3.8, 4) is 0 Å². The van der Waals surface area contributed by atoms with Crippen LogP contribution in [0, 0.1) is 0 Å². The molecule has 0 bridgehead atoms. The van der Waals surface area contributed by atoms with E-state index in [1.807, 2.05) is 0 Å². The van der Waals surface area contributed by atoms with E-state index in [4.69, 9.17) is 0 Å². The van der Waals surface area contributed by atoms with Gasteiger partial charge in [0.2, 0.25) is 5.91 Å². The summed E-state index contributed by atoms with van der Waals surface area (Å²) in [5.41, 5.74) is 2.77. The molecule has 3 rings (SSSR count). The summed E-state index contributed by atoms with van der Waals surface area (Å²) < 4.78 is 0. The molecule has 126 valence electrons. The third-order valence-corrected chi connectivity index (χ3v) is 5.16. The summed E-state index contributed by atoms with van der Waals surface area (Å²) in [5.74, 6) is 0.116. The fourth-order valence-electron chi connectivity index (χ4n) is 3.87. The molecule has 0 unspecified atom stereocenters. The number of likely N-dealkylation sites (tertiary alicyclic amines) is 1. The van der Waals surface area contributed by atoms with Crippen LogP contribution < -0.4 is 5.32 Å². The Morgan fingerprint density at radius 3 is 2.17 bits per heavy atom. The van der Waals surface area contributed by atoms with Crippen molar-refractivity contribution in [1.29, 1.82) is 0 Å². The molecule has 1 aliphatic heterocycles. The van der Waals surface area contributed by atoms with Gasteiger partial charge in [0, 0.05) is 32.0 Å². The lowest BCUT2D eigenvalue weighted by molar-refractivity contribution is -0.121. The Hall–Kier alpha value is -2.13. The molecule has 3 nitrogen and oxygen atoms in total. The molecule has 0 aromatic heterocycles. The summed E-state index contributed by atoms with van der Waals surface area (Å²) in [4.78, 5) is 14.1. The average molecular weight is 322 g/mol. The molecular weight excluding hydrogens is 296 g/mol. The number of hydrogen-bond donors (Lipinski definition) is 1. The van der Waals surface area contributed by atoms with E-state index in [1.54, 1.807) is 7.05 Å². The Labute approximate surface area is 144 Å². The van der Waals surface area contributed by atoms with Crippen LogP contribution in [0.3, 0.4) is 0 Å². The molecule has 2 aromatic carbocycles. The van der Waals surface area contributed by atoms with E-state index >= 15 is 0 Å². The van der Waals surface area contributed by atoms with Crippen molar-refractivity contribution in [2.24, 2.45) is 0 Å². The van der Waals surface area contributed by atoms with Gasteiger partial charge in [0.25, 0.3) is 0 Å². The number of hydrogen-bond acceptors (Lipinski definition) is 2. The van der Waals surface area contributed by atoms with Gasteiger partial charge in [-0.15, -0.1) is 0 Å². The van der Waals surface area contributed by atoms with Crippen LogP contribution >= 0.6 is 0 Å². The monoisotopic (exact) mass is 322 g/mol. The van der Waals surface area contributed by atoms with Gasteiger partial charge in [-0.1, -0.05) is 60.7 Å². The van der Waals surface area contributed by atoms with E-state index in [-0.39, 0.29) is 11.3 Å². The molecule has 2 aromatic rings. The lowest BCUT2D eigenvalue weighted by Gasteiger charge is -2.44. The van der Waals surface area contributed by atoms with Gasteiger partial charge in [-0.05, 0) is 30.5 Å². The fraction of sp³-hybridized carbons (Fsp3) is 0.381. The van der Waals surface area contributed by atoms with Crippen LogP contribution in [0.4, 0.5) is 0 Å². The lowest BCUT2D eigenvalue weighted by atomic mass is 9.69. The number of carbonyl (C=O) groups is 1.